The molecule has 0 radical (unpaired) electrons. The molecule has 1 aliphatic carbocycles. The third-order valence-electron chi connectivity index (χ3n) is 13.9. The summed E-state index contributed by atoms with van der Waals surface area (Å²) in [4.78, 5) is 2.54. The third kappa shape index (κ3) is 6.48. The van der Waals surface area contributed by atoms with Gasteiger partial charge in [-0.25, -0.2) is 0 Å². The van der Waals surface area contributed by atoms with Gasteiger partial charge in [-0.3, -0.25) is 0 Å². The molecule has 0 N–H and O–H groups in total. The van der Waals surface area contributed by atoms with Gasteiger partial charge in [-0.05, 0) is 108 Å². The van der Waals surface area contributed by atoms with Gasteiger partial charge in [0.1, 0.15) is 11.2 Å². The number of hydrogen-bond acceptors (Lipinski definition) is 2. The number of nitrogens with zero attached hydrogens (tertiary/aromatic N) is 1. The van der Waals surface area contributed by atoms with Crippen molar-refractivity contribution in [1.29, 1.82) is 0 Å². The van der Waals surface area contributed by atoms with E-state index in [4.69, 9.17) is 4.42 Å². The van der Waals surface area contributed by atoms with Crippen molar-refractivity contribution in [3.8, 4) is 33.4 Å². The Morgan fingerprint density at radius 2 is 0.881 bits per heavy atom. The predicted molar refractivity (Wildman–Crippen MR) is 285 cm³/mol. The van der Waals surface area contributed by atoms with Crippen molar-refractivity contribution in [3.63, 3.8) is 0 Å². The molecule has 0 bridgehead atoms. The zero-order valence-corrected chi connectivity index (χ0v) is 37.2. The Balaban J connectivity index is 1.02. The largest absolute Gasteiger partial charge is 0.455 e. The summed E-state index contributed by atoms with van der Waals surface area (Å²) in [5.41, 5.74) is 14.8. The van der Waals surface area contributed by atoms with Gasteiger partial charge in [-0.1, -0.05) is 219 Å². The maximum absolute atomic E-state index is 6.89. The molecular formula is C65H45NO. The quantitative estimate of drug-likeness (QED) is 0.149. The number of benzene rings is 11. The molecule has 0 aliphatic heterocycles. The molecule has 0 amide bonds. The van der Waals surface area contributed by atoms with Crippen molar-refractivity contribution in [2.24, 2.45) is 5.92 Å². The fourth-order valence-electron chi connectivity index (χ4n) is 11.0. The van der Waals surface area contributed by atoms with E-state index in [0.717, 1.165) is 56.3 Å². The van der Waals surface area contributed by atoms with Crippen LogP contribution in [0.2, 0.25) is 0 Å². The Bertz CT molecular complexity index is 3950. The molecule has 11 aromatic carbocycles. The highest BCUT2D eigenvalue weighted by Gasteiger charge is 2.27. The number of para-hydroxylation sites is 2. The van der Waals surface area contributed by atoms with Crippen LogP contribution in [-0.2, 0) is 0 Å². The van der Waals surface area contributed by atoms with Crippen LogP contribution >= 0.6 is 0 Å². The van der Waals surface area contributed by atoms with Crippen LogP contribution in [0.25, 0.3) is 104 Å². The number of rotatable bonds is 7. The van der Waals surface area contributed by atoms with Crippen LogP contribution in [0.15, 0.2) is 247 Å². The van der Waals surface area contributed by atoms with E-state index in [0.29, 0.717) is 0 Å². The normalized spacial score (nSPS) is 14.0. The molecule has 1 aromatic heterocycles. The lowest BCUT2D eigenvalue weighted by atomic mass is 9.81. The minimum atomic E-state index is 0.267. The molecule has 2 heteroatoms. The summed E-state index contributed by atoms with van der Waals surface area (Å²) < 4.78 is 6.89. The van der Waals surface area contributed by atoms with E-state index >= 15 is 0 Å². The van der Waals surface area contributed by atoms with Crippen LogP contribution < -0.4 is 4.90 Å². The van der Waals surface area contributed by atoms with E-state index in [-0.39, 0.29) is 5.92 Å². The van der Waals surface area contributed by atoms with Gasteiger partial charge in [-0.2, -0.15) is 0 Å². The second-order valence-corrected chi connectivity index (χ2v) is 18.0. The maximum atomic E-state index is 6.89. The van der Waals surface area contributed by atoms with Crippen molar-refractivity contribution < 1.29 is 4.42 Å². The number of anilines is 2. The van der Waals surface area contributed by atoms with Crippen molar-refractivity contribution in [1.82, 2.24) is 0 Å². The van der Waals surface area contributed by atoms with Crippen molar-refractivity contribution in [2.45, 2.75) is 13.3 Å². The second-order valence-electron chi connectivity index (χ2n) is 18.0. The van der Waals surface area contributed by atoms with E-state index in [9.17, 15) is 0 Å². The maximum Gasteiger partial charge on any atom is 0.143 e. The van der Waals surface area contributed by atoms with Crippen molar-refractivity contribution in [2.75, 3.05) is 4.90 Å². The average Bonchev–Trinajstić information content (AvgIpc) is 3.78. The summed E-state index contributed by atoms with van der Waals surface area (Å²) in [6.45, 7) is 2.37. The van der Waals surface area contributed by atoms with Crippen LogP contribution in [-0.4, -0.2) is 0 Å². The summed E-state index contributed by atoms with van der Waals surface area (Å²) in [6, 6.07) is 81.7. The fourth-order valence-corrected chi connectivity index (χ4v) is 11.0. The fraction of sp³-hybridized carbons (Fsp3) is 0.0462. The van der Waals surface area contributed by atoms with Gasteiger partial charge in [0.15, 0.2) is 0 Å². The molecule has 12 aromatic rings. The molecule has 1 atom stereocenters. The number of fused-ring (bicyclic) bond motifs is 9. The molecule has 0 fully saturated rings. The third-order valence-corrected chi connectivity index (χ3v) is 13.9. The smallest absolute Gasteiger partial charge is 0.143 e. The SMILES string of the molecule is CC1C=C(c2c(-c3ccccc3)c3ccccc3c3ccccc23)C=C(N(c2ccc(-c3cccc4c3oc3c(-c5ccccc5)cccc34)cc2)c2cc3ccccc3c3ccccc23)C1. The molecule has 0 saturated carbocycles. The van der Waals surface area contributed by atoms with Gasteiger partial charge in [0, 0.05) is 38.7 Å². The molecule has 0 spiro atoms. The molecular weight excluding hydrogens is 811 g/mol. The van der Waals surface area contributed by atoms with Crippen molar-refractivity contribution in [3.05, 3.63) is 248 Å². The summed E-state index contributed by atoms with van der Waals surface area (Å²) in [7, 11) is 0. The standard InChI is InChI=1S/C65H45NO/c1-42-38-47(63-58-29-15-12-26-55(58)54-25-11-14-28-57(54)62(63)45-20-6-3-7-21-45)40-49(39-42)66(61-41-46-22-8-9-23-50(46)53-24-10-13-27-56(53)61)48-36-34-44(35-37-48)52-31-17-33-60-59-32-16-30-51(64(59)67-65(52)60)43-18-4-2-5-19-43/h2-38,40-42H,39H2,1H3. The molecule has 1 heterocycles. The predicted octanol–water partition coefficient (Wildman–Crippen LogP) is 18.3. The molecule has 0 saturated heterocycles. The Kier molecular flexibility index (Phi) is 9.25. The van der Waals surface area contributed by atoms with E-state index in [1.54, 1.807) is 0 Å². The first-order valence-corrected chi connectivity index (χ1v) is 23.4. The second kappa shape index (κ2) is 15.9. The first-order valence-electron chi connectivity index (χ1n) is 23.4. The zero-order valence-electron chi connectivity index (χ0n) is 37.2. The van der Waals surface area contributed by atoms with Crippen molar-refractivity contribution >= 4 is 82.0 Å². The van der Waals surface area contributed by atoms with Gasteiger partial charge in [0.25, 0.3) is 0 Å². The highest BCUT2D eigenvalue weighted by atomic mass is 16.3. The highest BCUT2D eigenvalue weighted by molar-refractivity contribution is 6.20. The van der Waals surface area contributed by atoms with Crippen LogP contribution in [0.3, 0.4) is 0 Å². The Morgan fingerprint density at radius 3 is 1.51 bits per heavy atom. The van der Waals surface area contributed by atoms with Gasteiger partial charge in [-0.15, -0.1) is 0 Å². The minimum absolute atomic E-state index is 0.267. The summed E-state index contributed by atoms with van der Waals surface area (Å²) in [5, 5.41) is 12.3. The van der Waals surface area contributed by atoms with Crippen LogP contribution in [0, 0.1) is 5.92 Å². The first-order chi connectivity index (χ1) is 33.2. The highest BCUT2D eigenvalue weighted by Crippen LogP contribution is 2.48. The van der Waals surface area contributed by atoms with Crippen LogP contribution in [0.1, 0.15) is 18.9 Å². The molecule has 316 valence electrons. The Morgan fingerprint density at radius 1 is 0.403 bits per heavy atom. The Labute approximate surface area is 390 Å². The molecule has 13 rings (SSSR count). The van der Waals surface area contributed by atoms with Crippen LogP contribution in [0.5, 0.6) is 0 Å². The lowest BCUT2D eigenvalue weighted by molar-refractivity contribution is 0.671. The molecule has 2 nitrogen and oxygen atoms in total. The lowest BCUT2D eigenvalue weighted by Crippen LogP contribution is -2.20. The number of allylic oxidation sites excluding steroid dienone is 4. The topological polar surface area (TPSA) is 16.4 Å². The molecule has 67 heavy (non-hydrogen) atoms. The number of furan rings is 1. The molecule has 1 aliphatic rings. The molecule has 1 unspecified atom stereocenters. The number of hydrogen-bond donors (Lipinski definition) is 0. The average molecular weight is 856 g/mol. The van der Waals surface area contributed by atoms with E-state index in [1.807, 2.05) is 0 Å². The van der Waals surface area contributed by atoms with Gasteiger partial charge in [0.05, 0.1) is 5.69 Å². The Hall–Kier alpha value is -8.46. The monoisotopic (exact) mass is 855 g/mol. The zero-order chi connectivity index (χ0) is 44.4. The van der Waals surface area contributed by atoms with Gasteiger partial charge >= 0.3 is 0 Å². The van der Waals surface area contributed by atoms with Gasteiger partial charge in [0.2, 0.25) is 0 Å². The van der Waals surface area contributed by atoms with Crippen LogP contribution in [0.4, 0.5) is 11.4 Å². The summed E-state index contributed by atoms with van der Waals surface area (Å²) >= 11 is 0. The lowest BCUT2D eigenvalue weighted by Gasteiger charge is -2.33. The van der Waals surface area contributed by atoms with E-state index in [1.165, 1.54) is 76.7 Å². The minimum Gasteiger partial charge on any atom is -0.455 e. The summed E-state index contributed by atoms with van der Waals surface area (Å²) in [6.07, 6.45) is 5.87. The first kappa shape index (κ1) is 39.0. The summed E-state index contributed by atoms with van der Waals surface area (Å²) in [5.74, 6) is 0.267. The van der Waals surface area contributed by atoms with E-state index < -0.39 is 0 Å². The van der Waals surface area contributed by atoms with E-state index in [2.05, 4.69) is 248 Å². The van der Waals surface area contributed by atoms with Gasteiger partial charge < -0.3 is 9.32 Å².